The summed E-state index contributed by atoms with van der Waals surface area (Å²) in [5.41, 5.74) is 1.82. The van der Waals surface area contributed by atoms with Crippen molar-refractivity contribution in [3.05, 3.63) is 54.0 Å². The van der Waals surface area contributed by atoms with Gasteiger partial charge < -0.3 is 15.5 Å². The van der Waals surface area contributed by atoms with Crippen molar-refractivity contribution in [1.29, 1.82) is 0 Å². The number of anilines is 1. The van der Waals surface area contributed by atoms with Crippen LogP contribution in [0.25, 0.3) is 0 Å². The first-order valence-corrected chi connectivity index (χ1v) is 9.38. The molecule has 0 bridgehead atoms. The summed E-state index contributed by atoms with van der Waals surface area (Å²) in [5.74, 6) is 2.01. The van der Waals surface area contributed by atoms with Gasteiger partial charge in [0.15, 0.2) is 0 Å². The van der Waals surface area contributed by atoms with Crippen molar-refractivity contribution in [2.75, 3.05) is 31.1 Å². The molecule has 2 N–H and O–H groups in total. The number of hydrogen-bond acceptors (Lipinski definition) is 5. The Morgan fingerprint density at radius 3 is 2.69 bits per heavy atom. The Bertz CT molecular complexity index is 743. The molecular weight excluding hydrogens is 326 g/mol. The number of hydrogen-bond donors (Lipinski definition) is 2. The van der Waals surface area contributed by atoms with Crippen LogP contribution >= 0.6 is 0 Å². The second kappa shape index (κ2) is 7.41. The number of nitrogens with zero attached hydrogens (tertiary/aromatic N) is 3. The smallest absolute Gasteiger partial charge is 0.271 e. The molecule has 1 saturated carbocycles. The molecule has 0 radical (unpaired) electrons. The van der Waals surface area contributed by atoms with Crippen LogP contribution in [0.3, 0.4) is 0 Å². The highest BCUT2D eigenvalue weighted by Crippen LogP contribution is 2.40. The molecule has 0 spiro atoms. The van der Waals surface area contributed by atoms with Crippen LogP contribution in [0.15, 0.2) is 42.7 Å². The van der Waals surface area contributed by atoms with Gasteiger partial charge in [0.25, 0.3) is 5.91 Å². The third-order valence-electron chi connectivity index (χ3n) is 5.18. The van der Waals surface area contributed by atoms with Gasteiger partial charge in [0.2, 0.25) is 0 Å². The lowest BCUT2D eigenvalue weighted by Gasteiger charge is -2.40. The molecule has 6 heteroatoms. The van der Waals surface area contributed by atoms with Crippen molar-refractivity contribution < 1.29 is 4.79 Å². The van der Waals surface area contributed by atoms with Crippen molar-refractivity contribution >= 4 is 11.7 Å². The third kappa shape index (κ3) is 3.70. The summed E-state index contributed by atoms with van der Waals surface area (Å²) >= 11 is 0. The third-order valence-corrected chi connectivity index (χ3v) is 5.18. The van der Waals surface area contributed by atoms with Crippen molar-refractivity contribution in [3.8, 4) is 0 Å². The fourth-order valence-corrected chi connectivity index (χ4v) is 3.55. The Labute approximate surface area is 154 Å². The molecule has 4 rings (SSSR count). The average Bonchev–Trinajstić information content (AvgIpc) is 3.41. The second-order valence-corrected chi connectivity index (χ2v) is 7.16. The molecule has 2 heterocycles. The lowest BCUT2D eigenvalue weighted by molar-refractivity contribution is 0.0950. The van der Waals surface area contributed by atoms with Gasteiger partial charge in [0.1, 0.15) is 11.5 Å². The van der Waals surface area contributed by atoms with E-state index >= 15 is 0 Å². The minimum atomic E-state index is -0.172. The fraction of sp³-hybridized carbons (Fsp3) is 0.450. The Balaban J connectivity index is 1.20. The van der Waals surface area contributed by atoms with Gasteiger partial charge in [0.05, 0.1) is 12.4 Å². The van der Waals surface area contributed by atoms with E-state index in [1.54, 1.807) is 12.4 Å². The summed E-state index contributed by atoms with van der Waals surface area (Å²) in [5, 5.41) is 6.43. The fourth-order valence-electron chi connectivity index (χ4n) is 3.55. The summed E-state index contributed by atoms with van der Waals surface area (Å²) in [6, 6.07) is 11.4. The maximum atomic E-state index is 11.7. The van der Waals surface area contributed by atoms with Gasteiger partial charge in [-0.15, -0.1) is 0 Å². The minimum Gasteiger partial charge on any atom is -0.355 e. The summed E-state index contributed by atoms with van der Waals surface area (Å²) in [4.78, 5) is 22.5. The zero-order valence-corrected chi connectivity index (χ0v) is 15.1. The number of carbonyl (C=O) groups excluding carboxylic acids is 1. The van der Waals surface area contributed by atoms with Crippen LogP contribution in [0, 0.1) is 5.92 Å². The Morgan fingerprint density at radius 1 is 1.19 bits per heavy atom. The standard InChI is InChI=1S/C20H25N5O/c1-2-21-20(26)18-10-24-19(11-23-18)25-12-14(13-25)9-22-17-8-16(17)15-6-4-3-5-7-15/h3-7,10-11,14,16-17,22H,2,8-9,12-13H2,1H3,(H,21,26). The van der Waals surface area contributed by atoms with E-state index < -0.39 is 0 Å². The highest BCUT2D eigenvalue weighted by Gasteiger charge is 2.39. The van der Waals surface area contributed by atoms with Crippen LogP contribution in [-0.2, 0) is 0 Å². The maximum Gasteiger partial charge on any atom is 0.271 e. The summed E-state index contributed by atoms with van der Waals surface area (Å²) < 4.78 is 0. The summed E-state index contributed by atoms with van der Waals surface area (Å²) in [7, 11) is 0. The summed E-state index contributed by atoms with van der Waals surface area (Å²) in [6.45, 7) is 5.51. The first-order chi connectivity index (χ1) is 12.7. The van der Waals surface area contributed by atoms with Crippen molar-refractivity contribution in [2.45, 2.75) is 25.3 Å². The SMILES string of the molecule is CCNC(=O)c1cnc(N2CC(CNC3CC3c3ccccc3)C2)cn1. The Morgan fingerprint density at radius 2 is 2.00 bits per heavy atom. The minimum absolute atomic E-state index is 0.172. The monoisotopic (exact) mass is 351 g/mol. The molecule has 2 aliphatic rings. The zero-order chi connectivity index (χ0) is 17.9. The number of benzene rings is 1. The van der Waals surface area contributed by atoms with Gasteiger partial charge in [-0.05, 0) is 18.9 Å². The van der Waals surface area contributed by atoms with E-state index in [9.17, 15) is 4.79 Å². The lowest BCUT2D eigenvalue weighted by atomic mass is 10.0. The van der Waals surface area contributed by atoms with Gasteiger partial charge in [-0.2, -0.15) is 0 Å². The van der Waals surface area contributed by atoms with Crippen LogP contribution in [0.1, 0.15) is 35.3 Å². The van der Waals surface area contributed by atoms with Crippen LogP contribution in [0.5, 0.6) is 0 Å². The molecule has 1 amide bonds. The number of amides is 1. The van der Waals surface area contributed by atoms with Crippen LogP contribution in [-0.4, -0.2) is 48.1 Å². The van der Waals surface area contributed by atoms with Gasteiger partial charge in [-0.1, -0.05) is 30.3 Å². The molecule has 2 fully saturated rings. The van der Waals surface area contributed by atoms with E-state index in [1.165, 1.54) is 12.0 Å². The maximum absolute atomic E-state index is 11.7. The predicted octanol–water partition coefficient (Wildman–Crippen LogP) is 1.81. The molecule has 136 valence electrons. The Kier molecular flexibility index (Phi) is 4.84. The molecule has 1 aliphatic carbocycles. The quantitative estimate of drug-likeness (QED) is 0.796. The molecule has 1 aliphatic heterocycles. The highest BCUT2D eigenvalue weighted by molar-refractivity contribution is 5.91. The molecule has 2 atom stereocenters. The topological polar surface area (TPSA) is 70.2 Å². The summed E-state index contributed by atoms with van der Waals surface area (Å²) in [6.07, 6.45) is 4.49. The molecule has 1 saturated heterocycles. The number of nitrogens with one attached hydrogen (secondary N) is 2. The van der Waals surface area contributed by atoms with Crippen LogP contribution in [0.4, 0.5) is 5.82 Å². The second-order valence-electron chi connectivity index (χ2n) is 7.16. The molecule has 2 aromatic rings. The van der Waals surface area contributed by atoms with Crippen molar-refractivity contribution in [3.63, 3.8) is 0 Å². The Hall–Kier alpha value is -2.47. The average molecular weight is 351 g/mol. The largest absolute Gasteiger partial charge is 0.355 e. The predicted molar refractivity (Wildman–Crippen MR) is 101 cm³/mol. The van der Waals surface area contributed by atoms with E-state index in [4.69, 9.17) is 0 Å². The van der Waals surface area contributed by atoms with E-state index in [0.717, 1.165) is 25.5 Å². The normalized spacial score (nSPS) is 22.0. The number of rotatable bonds is 7. The lowest BCUT2D eigenvalue weighted by Crippen LogP contribution is -2.51. The molecule has 2 unspecified atom stereocenters. The molecule has 1 aromatic heterocycles. The van der Waals surface area contributed by atoms with Gasteiger partial charge in [-0.3, -0.25) is 4.79 Å². The molecule has 1 aromatic carbocycles. The van der Waals surface area contributed by atoms with Gasteiger partial charge >= 0.3 is 0 Å². The number of carbonyl (C=O) groups is 1. The molecule has 6 nitrogen and oxygen atoms in total. The first kappa shape index (κ1) is 17.0. The number of aromatic nitrogens is 2. The molecular formula is C20H25N5O. The van der Waals surface area contributed by atoms with Crippen molar-refractivity contribution in [2.24, 2.45) is 5.92 Å². The van der Waals surface area contributed by atoms with Crippen LogP contribution in [0.2, 0.25) is 0 Å². The van der Waals surface area contributed by atoms with Crippen LogP contribution < -0.4 is 15.5 Å². The van der Waals surface area contributed by atoms with E-state index in [2.05, 4.69) is 55.8 Å². The van der Waals surface area contributed by atoms with E-state index in [-0.39, 0.29) is 5.91 Å². The van der Waals surface area contributed by atoms with E-state index in [1.807, 2.05) is 6.92 Å². The van der Waals surface area contributed by atoms with Gasteiger partial charge in [-0.25, -0.2) is 9.97 Å². The van der Waals surface area contributed by atoms with Gasteiger partial charge in [0, 0.05) is 44.1 Å². The first-order valence-electron chi connectivity index (χ1n) is 9.38. The van der Waals surface area contributed by atoms with E-state index in [0.29, 0.717) is 30.1 Å². The highest BCUT2D eigenvalue weighted by atomic mass is 16.1. The van der Waals surface area contributed by atoms with Crippen molar-refractivity contribution in [1.82, 2.24) is 20.6 Å². The molecule has 26 heavy (non-hydrogen) atoms. The zero-order valence-electron chi connectivity index (χ0n) is 15.1.